The average molecular weight is 251 g/mol. The van der Waals surface area contributed by atoms with Gasteiger partial charge in [0.1, 0.15) is 6.54 Å². The van der Waals surface area contributed by atoms with Crippen molar-refractivity contribution in [1.29, 1.82) is 0 Å². The molecule has 6 nitrogen and oxygen atoms in total. The maximum absolute atomic E-state index is 11.6. The summed E-state index contributed by atoms with van der Waals surface area (Å²) in [6.07, 6.45) is 4.01. The number of hydrogen-bond donors (Lipinski definition) is 2. The standard InChI is InChI=1S/C12H21N5O/c1-12(2,3)13-6-10-7-17(16-15-10)8-11(18)14-9-4-5-9/h7,9,13H,4-6,8H2,1-3H3,(H,14,18). The van der Waals surface area contributed by atoms with Crippen LogP contribution in [0.5, 0.6) is 0 Å². The fraction of sp³-hybridized carbons (Fsp3) is 0.750. The van der Waals surface area contributed by atoms with Gasteiger partial charge in [0, 0.05) is 18.1 Å². The van der Waals surface area contributed by atoms with E-state index in [-0.39, 0.29) is 18.0 Å². The Balaban J connectivity index is 1.79. The minimum Gasteiger partial charge on any atom is -0.352 e. The van der Waals surface area contributed by atoms with Crippen LogP contribution < -0.4 is 10.6 Å². The van der Waals surface area contributed by atoms with Crippen molar-refractivity contribution >= 4 is 5.91 Å². The van der Waals surface area contributed by atoms with Crippen LogP contribution in [0.2, 0.25) is 0 Å². The van der Waals surface area contributed by atoms with E-state index in [1.165, 1.54) is 0 Å². The highest BCUT2D eigenvalue weighted by Crippen LogP contribution is 2.18. The van der Waals surface area contributed by atoms with Gasteiger partial charge < -0.3 is 10.6 Å². The molecule has 0 bridgehead atoms. The highest BCUT2D eigenvalue weighted by atomic mass is 16.2. The molecular weight excluding hydrogens is 230 g/mol. The summed E-state index contributed by atoms with van der Waals surface area (Å²) in [4.78, 5) is 11.6. The molecule has 1 aromatic heterocycles. The van der Waals surface area contributed by atoms with Gasteiger partial charge in [0.15, 0.2) is 0 Å². The summed E-state index contributed by atoms with van der Waals surface area (Å²) < 4.78 is 1.58. The third-order valence-electron chi connectivity index (χ3n) is 2.63. The number of rotatable bonds is 5. The van der Waals surface area contributed by atoms with Gasteiger partial charge in [-0.15, -0.1) is 5.10 Å². The van der Waals surface area contributed by atoms with Crippen molar-refractivity contribution in [2.75, 3.05) is 0 Å². The summed E-state index contributed by atoms with van der Waals surface area (Å²) in [5.41, 5.74) is 0.900. The number of aromatic nitrogens is 3. The summed E-state index contributed by atoms with van der Waals surface area (Å²) >= 11 is 0. The predicted octanol–water partition coefficient (Wildman–Crippen LogP) is 0.445. The first-order valence-corrected chi connectivity index (χ1v) is 6.36. The highest BCUT2D eigenvalue weighted by Gasteiger charge is 2.23. The Hall–Kier alpha value is -1.43. The van der Waals surface area contributed by atoms with E-state index in [9.17, 15) is 4.79 Å². The number of nitrogens with one attached hydrogen (secondary N) is 2. The topological polar surface area (TPSA) is 71.8 Å². The monoisotopic (exact) mass is 251 g/mol. The fourth-order valence-corrected chi connectivity index (χ4v) is 1.50. The van der Waals surface area contributed by atoms with Crippen molar-refractivity contribution in [3.63, 3.8) is 0 Å². The van der Waals surface area contributed by atoms with E-state index in [4.69, 9.17) is 0 Å². The van der Waals surface area contributed by atoms with Gasteiger partial charge in [-0.1, -0.05) is 5.21 Å². The normalized spacial score (nSPS) is 15.7. The molecule has 6 heteroatoms. The van der Waals surface area contributed by atoms with Gasteiger partial charge >= 0.3 is 0 Å². The van der Waals surface area contributed by atoms with E-state index >= 15 is 0 Å². The molecule has 0 saturated heterocycles. The minimum absolute atomic E-state index is 0.0118. The number of nitrogens with zero attached hydrogens (tertiary/aromatic N) is 3. The lowest BCUT2D eigenvalue weighted by Crippen LogP contribution is -2.35. The molecule has 1 heterocycles. The molecule has 0 radical (unpaired) electrons. The van der Waals surface area contributed by atoms with Crippen molar-refractivity contribution in [3.05, 3.63) is 11.9 Å². The van der Waals surface area contributed by atoms with Crippen molar-refractivity contribution in [1.82, 2.24) is 25.6 Å². The Morgan fingerprint density at radius 1 is 1.50 bits per heavy atom. The van der Waals surface area contributed by atoms with E-state index in [2.05, 4.69) is 41.7 Å². The Kier molecular flexibility index (Phi) is 3.65. The van der Waals surface area contributed by atoms with Crippen molar-refractivity contribution in [2.24, 2.45) is 0 Å². The number of amides is 1. The quantitative estimate of drug-likeness (QED) is 0.797. The molecular formula is C12H21N5O. The number of carbonyl (C=O) groups excluding carboxylic acids is 1. The molecule has 2 N–H and O–H groups in total. The Morgan fingerprint density at radius 3 is 2.83 bits per heavy atom. The Labute approximate surface area is 107 Å². The third-order valence-corrected chi connectivity index (χ3v) is 2.63. The van der Waals surface area contributed by atoms with Crippen molar-refractivity contribution < 1.29 is 4.79 Å². The fourth-order valence-electron chi connectivity index (χ4n) is 1.50. The molecule has 0 spiro atoms. The van der Waals surface area contributed by atoms with Gasteiger partial charge in [0.25, 0.3) is 0 Å². The van der Waals surface area contributed by atoms with E-state index in [1.54, 1.807) is 4.68 Å². The third kappa shape index (κ3) is 4.44. The number of hydrogen-bond acceptors (Lipinski definition) is 4. The summed E-state index contributed by atoms with van der Waals surface area (Å²) in [5.74, 6) is 0.0118. The van der Waals surface area contributed by atoms with Crippen LogP contribution in [0.25, 0.3) is 0 Å². The van der Waals surface area contributed by atoms with Gasteiger partial charge in [-0.3, -0.25) is 4.79 Å². The lowest BCUT2D eigenvalue weighted by Gasteiger charge is -2.19. The van der Waals surface area contributed by atoms with Crippen molar-refractivity contribution in [2.45, 2.75) is 58.3 Å². The predicted molar refractivity (Wildman–Crippen MR) is 67.8 cm³/mol. The smallest absolute Gasteiger partial charge is 0.242 e. The molecule has 0 unspecified atom stereocenters. The first-order chi connectivity index (χ1) is 8.42. The molecule has 1 saturated carbocycles. The van der Waals surface area contributed by atoms with Crippen LogP contribution in [0, 0.1) is 0 Å². The van der Waals surface area contributed by atoms with E-state index in [1.807, 2.05) is 6.20 Å². The lowest BCUT2D eigenvalue weighted by molar-refractivity contribution is -0.122. The van der Waals surface area contributed by atoms with Gasteiger partial charge in [-0.2, -0.15) is 0 Å². The molecule has 0 atom stereocenters. The summed E-state index contributed by atoms with van der Waals surface area (Å²) in [6, 6.07) is 0.392. The second-order valence-corrected chi connectivity index (χ2v) is 5.85. The SMILES string of the molecule is CC(C)(C)NCc1cn(CC(=O)NC2CC2)nn1. The minimum atomic E-state index is 0.0118. The average Bonchev–Trinajstić information content (AvgIpc) is 2.93. The second kappa shape index (κ2) is 5.06. The maximum atomic E-state index is 11.6. The molecule has 0 aliphatic heterocycles. The van der Waals surface area contributed by atoms with Gasteiger partial charge in [0.05, 0.1) is 11.9 Å². The largest absolute Gasteiger partial charge is 0.352 e. The first kappa shape index (κ1) is 13.0. The molecule has 100 valence electrons. The van der Waals surface area contributed by atoms with Crippen LogP contribution in [-0.2, 0) is 17.9 Å². The van der Waals surface area contributed by atoms with Gasteiger partial charge in [0.2, 0.25) is 5.91 Å². The van der Waals surface area contributed by atoms with Crippen LogP contribution in [0.3, 0.4) is 0 Å². The summed E-state index contributed by atoms with van der Waals surface area (Å²) in [5, 5.41) is 14.2. The molecule has 1 aliphatic carbocycles. The van der Waals surface area contributed by atoms with Gasteiger partial charge in [-0.05, 0) is 33.6 Å². The lowest BCUT2D eigenvalue weighted by atomic mass is 10.1. The summed E-state index contributed by atoms with van der Waals surface area (Å²) in [6.45, 7) is 7.20. The molecule has 1 fully saturated rings. The van der Waals surface area contributed by atoms with Crippen LogP contribution in [-0.4, -0.2) is 32.5 Å². The van der Waals surface area contributed by atoms with E-state index in [0.717, 1.165) is 18.5 Å². The zero-order valence-electron chi connectivity index (χ0n) is 11.2. The van der Waals surface area contributed by atoms with Crippen LogP contribution in [0.15, 0.2) is 6.20 Å². The zero-order valence-corrected chi connectivity index (χ0v) is 11.2. The molecule has 1 amide bonds. The van der Waals surface area contributed by atoms with E-state index in [0.29, 0.717) is 12.6 Å². The Morgan fingerprint density at radius 2 is 2.22 bits per heavy atom. The first-order valence-electron chi connectivity index (χ1n) is 6.36. The molecule has 0 aromatic carbocycles. The van der Waals surface area contributed by atoms with Crippen LogP contribution >= 0.6 is 0 Å². The molecule has 2 rings (SSSR count). The Bertz CT molecular complexity index is 416. The van der Waals surface area contributed by atoms with Crippen LogP contribution in [0.4, 0.5) is 0 Å². The maximum Gasteiger partial charge on any atom is 0.242 e. The number of carbonyl (C=O) groups is 1. The zero-order chi connectivity index (χ0) is 13.2. The van der Waals surface area contributed by atoms with Crippen molar-refractivity contribution in [3.8, 4) is 0 Å². The highest BCUT2D eigenvalue weighted by molar-refractivity contribution is 5.76. The van der Waals surface area contributed by atoms with Gasteiger partial charge in [-0.25, -0.2) is 4.68 Å². The molecule has 1 aromatic rings. The van der Waals surface area contributed by atoms with Crippen LogP contribution in [0.1, 0.15) is 39.3 Å². The second-order valence-electron chi connectivity index (χ2n) is 5.85. The molecule has 18 heavy (non-hydrogen) atoms. The van der Waals surface area contributed by atoms with E-state index < -0.39 is 0 Å². The summed E-state index contributed by atoms with van der Waals surface area (Å²) in [7, 11) is 0. The molecule has 1 aliphatic rings.